The Balaban J connectivity index is 1.83. The quantitative estimate of drug-likeness (QED) is 0.450. The lowest BCUT2D eigenvalue weighted by Gasteiger charge is -2.08. The number of amides is 1. The number of hydrogen-bond acceptors (Lipinski definition) is 2. The van der Waals surface area contributed by atoms with Crippen molar-refractivity contribution in [1.29, 1.82) is 0 Å². The van der Waals surface area contributed by atoms with Crippen LogP contribution in [0.1, 0.15) is 43.0 Å². The lowest BCUT2D eigenvalue weighted by atomic mass is 10.2. The van der Waals surface area contributed by atoms with Crippen molar-refractivity contribution in [2.24, 2.45) is 0 Å². The second-order valence-electron chi connectivity index (χ2n) is 5.40. The van der Waals surface area contributed by atoms with Crippen molar-refractivity contribution in [3.05, 3.63) is 57.7 Å². The molecule has 4 heteroatoms. The van der Waals surface area contributed by atoms with E-state index in [0.29, 0.717) is 5.56 Å². The molecule has 0 aromatic heterocycles. The van der Waals surface area contributed by atoms with E-state index in [9.17, 15) is 4.79 Å². The van der Waals surface area contributed by atoms with E-state index in [4.69, 9.17) is 4.74 Å². The summed E-state index contributed by atoms with van der Waals surface area (Å²) in [6, 6.07) is 15.0. The molecule has 0 atom stereocenters. The third-order valence-electron chi connectivity index (χ3n) is 3.47. The molecule has 0 saturated carbocycles. The number of unbranched alkanes of at least 4 members (excludes halogenated alkanes) is 3. The molecular formula is C19H22INO2. The van der Waals surface area contributed by atoms with Gasteiger partial charge in [-0.05, 0) is 71.5 Å². The normalized spacial score (nSPS) is 10.3. The van der Waals surface area contributed by atoms with Gasteiger partial charge in [0.15, 0.2) is 0 Å². The molecule has 122 valence electrons. The SMILES string of the molecule is CCCCCCOc1ccc(NC(=O)c2cccc(I)c2)cc1. The van der Waals surface area contributed by atoms with E-state index in [1.54, 1.807) is 0 Å². The minimum absolute atomic E-state index is 0.100. The first-order valence-corrected chi connectivity index (χ1v) is 9.06. The molecule has 0 radical (unpaired) electrons. The highest BCUT2D eigenvalue weighted by Crippen LogP contribution is 2.17. The molecule has 2 aromatic carbocycles. The highest BCUT2D eigenvalue weighted by molar-refractivity contribution is 14.1. The smallest absolute Gasteiger partial charge is 0.255 e. The van der Waals surface area contributed by atoms with Gasteiger partial charge < -0.3 is 10.1 Å². The highest BCUT2D eigenvalue weighted by Gasteiger charge is 2.06. The zero-order valence-corrected chi connectivity index (χ0v) is 15.5. The third-order valence-corrected chi connectivity index (χ3v) is 4.14. The van der Waals surface area contributed by atoms with Gasteiger partial charge in [0.2, 0.25) is 0 Å². The third kappa shape index (κ3) is 6.22. The van der Waals surface area contributed by atoms with Crippen molar-refractivity contribution in [3.8, 4) is 5.75 Å². The molecule has 0 spiro atoms. The average Bonchev–Trinajstić information content (AvgIpc) is 2.56. The maximum atomic E-state index is 12.2. The topological polar surface area (TPSA) is 38.3 Å². The number of carbonyl (C=O) groups is 1. The molecule has 0 bridgehead atoms. The number of rotatable bonds is 8. The second kappa shape index (κ2) is 9.55. The largest absolute Gasteiger partial charge is 0.494 e. The zero-order valence-electron chi connectivity index (χ0n) is 13.3. The van der Waals surface area contributed by atoms with Gasteiger partial charge in [-0.15, -0.1) is 0 Å². The number of hydrogen-bond donors (Lipinski definition) is 1. The summed E-state index contributed by atoms with van der Waals surface area (Å²) in [5.74, 6) is 0.741. The van der Waals surface area contributed by atoms with E-state index in [0.717, 1.165) is 28.0 Å². The van der Waals surface area contributed by atoms with Crippen molar-refractivity contribution in [2.45, 2.75) is 32.6 Å². The van der Waals surface area contributed by atoms with Gasteiger partial charge in [0, 0.05) is 14.8 Å². The Bertz CT molecular complexity index is 626. The van der Waals surface area contributed by atoms with Crippen LogP contribution in [0, 0.1) is 3.57 Å². The molecular weight excluding hydrogens is 401 g/mol. The Hall–Kier alpha value is -1.56. The fourth-order valence-corrected chi connectivity index (χ4v) is 2.73. The van der Waals surface area contributed by atoms with Crippen molar-refractivity contribution >= 4 is 34.2 Å². The van der Waals surface area contributed by atoms with Crippen LogP contribution in [0.15, 0.2) is 48.5 Å². The molecule has 0 unspecified atom stereocenters. The van der Waals surface area contributed by atoms with E-state index in [1.807, 2.05) is 48.5 Å². The molecule has 2 aromatic rings. The first kappa shape index (κ1) is 17.8. The molecule has 2 rings (SSSR count). The van der Waals surface area contributed by atoms with Gasteiger partial charge in [-0.2, -0.15) is 0 Å². The monoisotopic (exact) mass is 423 g/mol. The molecule has 0 fully saturated rings. The summed E-state index contributed by atoms with van der Waals surface area (Å²) in [6.07, 6.45) is 4.78. The van der Waals surface area contributed by atoms with Crippen LogP contribution in [-0.4, -0.2) is 12.5 Å². The van der Waals surface area contributed by atoms with E-state index in [1.165, 1.54) is 19.3 Å². The van der Waals surface area contributed by atoms with Gasteiger partial charge in [0.05, 0.1) is 6.61 Å². The summed E-state index contributed by atoms with van der Waals surface area (Å²) in [7, 11) is 0. The Morgan fingerprint density at radius 1 is 1.09 bits per heavy atom. The Kier molecular flexibility index (Phi) is 7.39. The Morgan fingerprint density at radius 3 is 2.57 bits per heavy atom. The number of halogens is 1. The zero-order chi connectivity index (χ0) is 16.5. The number of benzene rings is 2. The molecule has 0 aliphatic heterocycles. The minimum Gasteiger partial charge on any atom is -0.494 e. The van der Waals surface area contributed by atoms with Gasteiger partial charge in [-0.3, -0.25) is 4.79 Å². The molecule has 0 saturated heterocycles. The summed E-state index contributed by atoms with van der Waals surface area (Å²) in [4.78, 5) is 12.2. The van der Waals surface area contributed by atoms with Crippen LogP contribution in [0.4, 0.5) is 5.69 Å². The van der Waals surface area contributed by atoms with Crippen molar-refractivity contribution < 1.29 is 9.53 Å². The highest BCUT2D eigenvalue weighted by atomic mass is 127. The molecule has 23 heavy (non-hydrogen) atoms. The average molecular weight is 423 g/mol. The summed E-state index contributed by atoms with van der Waals surface area (Å²) >= 11 is 2.20. The van der Waals surface area contributed by atoms with Crippen molar-refractivity contribution in [3.63, 3.8) is 0 Å². The maximum Gasteiger partial charge on any atom is 0.255 e. The van der Waals surface area contributed by atoms with Gasteiger partial charge >= 0.3 is 0 Å². The van der Waals surface area contributed by atoms with Crippen molar-refractivity contribution in [1.82, 2.24) is 0 Å². The first-order chi connectivity index (χ1) is 11.2. The summed E-state index contributed by atoms with van der Waals surface area (Å²) in [5.41, 5.74) is 1.43. The fourth-order valence-electron chi connectivity index (χ4n) is 2.19. The predicted molar refractivity (Wildman–Crippen MR) is 103 cm³/mol. The van der Waals surface area contributed by atoms with Gasteiger partial charge in [0.1, 0.15) is 5.75 Å². The van der Waals surface area contributed by atoms with Gasteiger partial charge in [0.25, 0.3) is 5.91 Å². The predicted octanol–water partition coefficient (Wildman–Crippen LogP) is 5.50. The standard InChI is InChI=1S/C19H22INO2/c1-2-3-4-5-13-23-18-11-9-17(10-12-18)21-19(22)15-7-6-8-16(20)14-15/h6-12,14H,2-5,13H2,1H3,(H,21,22). The molecule has 1 amide bonds. The molecule has 0 aliphatic rings. The summed E-state index contributed by atoms with van der Waals surface area (Å²) in [5, 5.41) is 2.90. The van der Waals surface area contributed by atoms with E-state index in [2.05, 4.69) is 34.8 Å². The Labute approximate surface area is 151 Å². The van der Waals surface area contributed by atoms with Crippen LogP contribution >= 0.6 is 22.6 Å². The maximum absolute atomic E-state index is 12.2. The summed E-state index contributed by atoms with van der Waals surface area (Å²) in [6.45, 7) is 2.94. The molecule has 0 heterocycles. The number of anilines is 1. The van der Waals surface area contributed by atoms with Crippen molar-refractivity contribution in [2.75, 3.05) is 11.9 Å². The minimum atomic E-state index is -0.100. The van der Waals surface area contributed by atoms with Crippen LogP contribution in [0.5, 0.6) is 5.75 Å². The number of carbonyl (C=O) groups excluding carboxylic acids is 1. The number of nitrogens with one attached hydrogen (secondary N) is 1. The molecule has 0 aliphatic carbocycles. The second-order valence-corrected chi connectivity index (χ2v) is 6.64. The molecule has 1 N–H and O–H groups in total. The van der Waals surface area contributed by atoms with Crippen LogP contribution in [0.25, 0.3) is 0 Å². The number of ether oxygens (including phenoxy) is 1. The lowest BCUT2D eigenvalue weighted by Crippen LogP contribution is -2.11. The van der Waals surface area contributed by atoms with Gasteiger partial charge in [-0.1, -0.05) is 32.3 Å². The van der Waals surface area contributed by atoms with Crippen LogP contribution in [0.2, 0.25) is 0 Å². The lowest BCUT2D eigenvalue weighted by molar-refractivity contribution is 0.102. The van der Waals surface area contributed by atoms with Crippen LogP contribution in [0.3, 0.4) is 0 Å². The fraction of sp³-hybridized carbons (Fsp3) is 0.316. The Morgan fingerprint density at radius 2 is 1.87 bits per heavy atom. The molecule has 3 nitrogen and oxygen atoms in total. The van der Waals surface area contributed by atoms with E-state index >= 15 is 0 Å². The van der Waals surface area contributed by atoms with Crippen LogP contribution < -0.4 is 10.1 Å². The summed E-state index contributed by atoms with van der Waals surface area (Å²) < 4.78 is 6.74. The van der Waals surface area contributed by atoms with E-state index in [-0.39, 0.29) is 5.91 Å². The first-order valence-electron chi connectivity index (χ1n) is 7.99. The van der Waals surface area contributed by atoms with E-state index < -0.39 is 0 Å². The van der Waals surface area contributed by atoms with Crippen LogP contribution in [-0.2, 0) is 0 Å². The van der Waals surface area contributed by atoms with Gasteiger partial charge in [-0.25, -0.2) is 0 Å².